The molecule has 0 N–H and O–H groups in total. The van der Waals surface area contributed by atoms with Crippen LogP contribution >= 0.6 is 0 Å². The lowest BCUT2D eigenvalue weighted by atomic mass is 9.99. The van der Waals surface area contributed by atoms with Crippen molar-refractivity contribution in [1.82, 2.24) is 9.80 Å². The first-order valence-electron chi connectivity index (χ1n) is 9.04. The second kappa shape index (κ2) is 7.88. The quantitative estimate of drug-likeness (QED) is 0.848. The Bertz CT molecular complexity index is 538. The fourth-order valence-electron chi connectivity index (χ4n) is 3.74. The number of hydrogen-bond acceptors (Lipinski definition) is 4. The maximum absolute atomic E-state index is 12.6. The predicted octanol–water partition coefficient (Wildman–Crippen LogP) is 2.22. The average Bonchev–Trinajstić information content (AvgIpc) is 2.64. The first-order valence-corrected chi connectivity index (χ1v) is 9.04. The van der Waals surface area contributed by atoms with Crippen molar-refractivity contribution in [3.8, 4) is 5.75 Å². The summed E-state index contributed by atoms with van der Waals surface area (Å²) in [7, 11) is 3.84. The number of ether oxygens (including phenoxy) is 1. The van der Waals surface area contributed by atoms with Gasteiger partial charge >= 0.3 is 0 Å². The second-order valence-corrected chi connectivity index (χ2v) is 6.90. The second-order valence-electron chi connectivity index (χ2n) is 6.90. The van der Waals surface area contributed by atoms with E-state index in [-0.39, 0.29) is 0 Å². The van der Waals surface area contributed by atoms with Gasteiger partial charge in [0.25, 0.3) is 0 Å². The molecule has 2 aliphatic rings. The number of likely N-dealkylation sites (tertiary alicyclic amines) is 1. The van der Waals surface area contributed by atoms with Gasteiger partial charge in [-0.25, -0.2) is 0 Å². The van der Waals surface area contributed by atoms with Gasteiger partial charge in [0.2, 0.25) is 5.91 Å². The number of piperazine rings is 1. The third kappa shape index (κ3) is 4.01. The summed E-state index contributed by atoms with van der Waals surface area (Å²) in [6, 6.07) is 8.60. The van der Waals surface area contributed by atoms with Crippen LogP contribution < -0.4 is 9.64 Å². The number of nitrogens with zero attached hydrogens (tertiary/aromatic N) is 3. The van der Waals surface area contributed by atoms with Crippen molar-refractivity contribution in [3.05, 3.63) is 24.3 Å². The lowest BCUT2D eigenvalue weighted by Gasteiger charge is -2.38. The van der Waals surface area contributed by atoms with Gasteiger partial charge in [0, 0.05) is 44.3 Å². The monoisotopic (exact) mass is 331 g/mol. The Morgan fingerprint density at radius 3 is 2.42 bits per heavy atom. The van der Waals surface area contributed by atoms with E-state index in [2.05, 4.69) is 29.0 Å². The molecule has 1 aromatic rings. The van der Waals surface area contributed by atoms with Crippen LogP contribution in [0, 0.1) is 0 Å². The largest absolute Gasteiger partial charge is 0.497 e. The lowest BCUT2D eigenvalue weighted by Crippen LogP contribution is -2.50. The van der Waals surface area contributed by atoms with Crippen LogP contribution in [-0.2, 0) is 4.79 Å². The number of carbonyl (C=O) groups excluding carboxylic acids is 1. The van der Waals surface area contributed by atoms with Crippen LogP contribution in [0.1, 0.15) is 25.7 Å². The number of piperidine rings is 1. The van der Waals surface area contributed by atoms with Crippen molar-refractivity contribution in [1.29, 1.82) is 0 Å². The highest BCUT2D eigenvalue weighted by Crippen LogP contribution is 2.22. The van der Waals surface area contributed by atoms with Crippen LogP contribution in [0.15, 0.2) is 24.3 Å². The maximum Gasteiger partial charge on any atom is 0.224 e. The van der Waals surface area contributed by atoms with Crippen LogP contribution in [0.3, 0.4) is 0 Å². The Kier molecular flexibility index (Phi) is 5.61. The molecule has 5 heteroatoms. The normalized spacial score (nSPS) is 22.5. The first-order chi connectivity index (χ1) is 11.7. The molecule has 0 aliphatic carbocycles. The SMILES string of the molecule is COc1ccc(N2CCN(C(=O)CC3CCCCN3C)CC2)cc1. The summed E-state index contributed by atoms with van der Waals surface area (Å²) >= 11 is 0. The molecule has 1 aromatic carbocycles. The van der Waals surface area contributed by atoms with Gasteiger partial charge in [-0.2, -0.15) is 0 Å². The molecule has 3 rings (SSSR count). The van der Waals surface area contributed by atoms with Gasteiger partial charge in [0.1, 0.15) is 5.75 Å². The van der Waals surface area contributed by atoms with Crippen molar-refractivity contribution in [2.45, 2.75) is 31.7 Å². The molecular weight excluding hydrogens is 302 g/mol. The lowest BCUT2D eigenvalue weighted by molar-refractivity contribution is -0.133. The molecule has 2 aliphatic heterocycles. The Balaban J connectivity index is 1.49. The summed E-state index contributed by atoms with van der Waals surface area (Å²) in [4.78, 5) is 19.3. The summed E-state index contributed by atoms with van der Waals surface area (Å²) in [5.74, 6) is 1.20. The number of anilines is 1. The minimum absolute atomic E-state index is 0.322. The van der Waals surface area contributed by atoms with E-state index in [1.165, 1.54) is 18.5 Å². The zero-order valence-corrected chi connectivity index (χ0v) is 14.9. The van der Waals surface area contributed by atoms with Gasteiger partial charge in [0.15, 0.2) is 0 Å². The first kappa shape index (κ1) is 17.1. The minimum Gasteiger partial charge on any atom is -0.497 e. The van der Waals surface area contributed by atoms with E-state index in [0.717, 1.165) is 44.9 Å². The number of rotatable bonds is 4. The predicted molar refractivity (Wildman–Crippen MR) is 96.7 cm³/mol. The number of hydrogen-bond donors (Lipinski definition) is 0. The molecule has 2 saturated heterocycles. The molecule has 132 valence electrons. The number of carbonyl (C=O) groups is 1. The zero-order chi connectivity index (χ0) is 16.9. The van der Waals surface area contributed by atoms with Crippen LogP contribution in [0.5, 0.6) is 5.75 Å². The summed E-state index contributed by atoms with van der Waals surface area (Å²) in [6.45, 7) is 4.57. The van der Waals surface area contributed by atoms with E-state index in [9.17, 15) is 4.79 Å². The summed E-state index contributed by atoms with van der Waals surface area (Å²) < 4.78 is 5.21. The summed E-state index contributed by atoms with van der Waals surface area (Å²) in [6.07, 6.45) is 4.36. The van der Waals surface area contributed by atoms with E-state index in [0.29, 0.717) is 18.4 Å². The van der Waals surface area contributed by atoms with Gasteiger partial charge in [0.05, 0.1) is 7.11 Å². The number of methoxy groups -OCH3 is 1. The van der Waals surface area contributed by atoms with E-state index in [1.54, 1.807) is 7.11 Å². The molecular formula is C19H29N3O2. The molecule has 1 atom stereocenters. The van der Waals surface area contributed by atoms with E-state index in [4.69, 9.17) is 4.74 Å². The highest BCUT2D eigenvalue weighted by molar-refractivity contribution is 5.77. The Morgan fingerprint density at radius 2 is 1.79 bits per heavy atom. The summed E-state index contributed by atoms with van der Waals surface area (Å²) in [5, 5.41) is 0. The van der Waals surface area contributed by atoms with Gasteiger partial charge in [-0.1, -0.05) is 6.42 Å². The van der Waals surface area contributed by atoms with Gasteiger partial charge in [-0.05, 0) is 50.7 Å². The van der Waals surface area contributed by atoms with Crippen molar-refractivity contribution in [2.75, 3.05) is 51.8 Å². The minimum atomic E-state index is 0.322. The molecule has 0 saturated carbocycles. The fraction of sp³-hybridized carbons (Fsp3) is 0.632. The molecule has 1 amide bonds. The molecule has 1 unspecified atom stereocenters. The van der Waals surface area contributed by atoms with Crippen molar-refractivity contribution >= 4 is 11.6 Å². The molecule has 24 heavy (non-hydrogen) atoms. The van der Waals surface area contributed by atoms with Crippen molar-refractivity contribution in [2.24, 2.45) is 0 Å². The third-order valence-electron chi connectivity index (χ3n) is 5.40. The smallest absolute Gasteiger partial charge is 0.224 e. The zero-order valence-electron chi connectivity index (χ0n) is 14.9. The van der Waals surface area contributed by atoms with Gasteiger partial charge < -0.3 is 19.4 Å². The Hall–Kier alpha value is -1.75. The highest BCUT2D eigenvalue weighted by atomic mass is 16.5. The third-order valence-corrected chi connectivity index (χ3v) is 5.40. The molecule has 2 fully saturated rings. The molecule has 0 radical (unpaired) electrons. The average molecular weight is 331 g/mol. The fourth-order valence-corrected chi connectivity index (χ4v) is 3.74. The topological polar surface area (TPSA) is 36.0 Å². The van der Waals surface area contributed by atoms with Crippen LogP contribution in [0.25, 0.3) is 0 Å². The Labute approximate surface area is 145 Å². The van der Waals surface area contributed by atoms with Crippen LogP contribution in [0.2, 0.25) is 0 Å². The van der Waals surface area contributed by atoms with Crippen molar-refractivity contribution in [3.63, 3.8) is 0 Å². The molecule has 0 aromatic heterocycles. The van der Waals surface area contributed by atoms with Crippen LogP contribution in [-0.4, -0.2) is 68.6 Å². The standard InChI is InChI=1S/C19H29N3O2/c1-20-10-4-3-5-17(20)15-19(23)22-13-11-21(12-14-22)16-6-8-18(24-2)9-7-16/h6-9,17H,3-5,10-15H2,1-2H3. The summed E-state index contributed by atoms with van der Waals surface area (Å²) in [5.41, 5.74) is 1.20. The molecule has 0 bridgehead atoms. The van der Waals surface area contributed by atoms with E-state index in [1.807, 2.05) is 17.0 Å². The van der Waals surface area contributed by atoms with Crippen molar-refractivity contribution < 1.29 is 9.53 Å². The molecule has 5 nitrogen and oxygen atoms in total. The van der Waals surface area contributed by atoms with Gasteiger partial charge in [-0.3, -0.25) is 4.79 Å². The van der Waals surface area contributed by atoms with E-state index < -0.39 is 0 Å². The number of amides is 1. The molecule has 2 heterocycles. The van der Waals surface area contributed by atoms with Gasteiger partial charge in [-0.15, -0.1) is 0 Å². The maximum atomic E-state index is 12.6. The molecule has 0 spiro atoms. The number of benzene rings is 1. The Morgan fingerprint density at radius 1 is 1.08 bits per heavy atom. The van der Waals surface area contributed by atoms with Crippen LogP contribution in [0.4, 0.5) is 5.69 Å². The highest BCUT2D eigenvalue weighted by Gasteiger charge is 2.26. The van der Waals surface area contributed by atoms with E-state index >= 15 is 0 Å².